The maximum absolute atomic E-state index is 12.5. The van der Waals surface area contributed by atoms with Crippen molar-refractivity contribution < 1.29 is 14.6 Å². The molecule has 3 N–H and O–H groups in total. The van der Waals surface area contributed by atoms with Crippen LogP contribution in [0.4, 0.5) is 4.79 Å². The lowest BCUT2D eigenvalue weighted by atomic mass is 9.98. The largest absolute Gasteiger partial charge is 0.444 e. The molecule has 2 heterocycles. The van der Waals surface area contributed by atoms with Crippen molar-refractivity contribution in [1.29, 1.82) is 0 Å². The fraction of sp³-hybridized carbons (Fsp3) is 0.882. The SMILES string of the molecule is CCNC(=NCCO)NC1CC2CCC(C1)N2C(=O)OC(C)(C)C.I. The number of piperidine rings is 1. The first-order valence-electron chi connectivity index (χ1n) is 9.01. The summed E-state index contributed by atoms with van der Waals surface area (Å²) in [7, 11) is 0. The minimum absolute atomic E-state index is 0. The molecule has 0 radical (unpaired) electrons. The number of aliphatic hydroxyl groups excluding tert-OH is 1. The van der Waals surface area contributed by atoms with Gasteiger partial charge in [-0.15, -0.1) is 24.0 Å². The second kappa shape index (κ2) is 9.80. The Balaban J connectivity index is 0.00000312. The van der Waals surface area contributed by atoms with Crippen molar-refractivity contribution in [2.45, 2.75) is 77.1 Å². The van der Waals surface area contributed by atoms with E-state index in [4.69, 9.17) is 9.84 Å². The predicted octanol–water partition coefficient (Wildman–Crippen LogP) is 2.08. The van der Waals surface area contributed by atoms with Crippen LogP contribution in [0.3, 0.4) is 0 Å². The van der Waals surface area contributed by atoms with Gasteiger partial charge in [-0.3, -0.25) is 4.99 Å². The Morgan fingerprint density at radius 3 is 2.36 bits per heavy atom. The van der Waals surface area contributed by atoms with Gasteiger partial charge in [-0.05, 0) is 53.4 Å². The number of amides is 1. The second-order valence-electron chi connectivity index (χ2n) is 7.57. The van der Waals surface area contributed by atoms with Gasteiger partial charge in [-0.2, -0.15) is 0 Å². The molecule has 0 aromatic heterocycles. The van der Waals surface area contributed by atoms with Crippen molar-refractivity contribution in [3.63, 3.8) is 0 Å². The van der Waals surface area contributed by atoms with E-state index in [1.807, 2.05) is 32.6 Å². The summed E-state index contributed by atoms with van der Waals surface area (Å²) in [6.07, 6.45) is 3.69. The molecule has 7 nitrogen and oxygen atoms in total. The zero-order valence-corrected chi connectivity index (χ0v) is 18.1. The van der Waals surface area contributed by atoms with E-state index in [-0.39, 0.29) is 54.8 Å². The van der Waals surface area contributed by atoms with Crippen molar-refractivity contribution >= 4 is 36.0 Å². The van der Waals surface area contributed by atoms with Gasteiger partial charge in [0.25, 0.3) is 0 Å². The highest BCUT2D eigenvalue weighted by molar-refractivity contribution is 14.0. The van der Waals surface area contributed by atoms with Crippen LogP contribution < -0.4 is 10.6 Å². The number of hydrogen-bond donors (Lipinski definition) is 3. The highest BCUT2D eigenvalue weighted by atomic mass is 127. The van der Waals surface area contributed by atoms with Gasteiger partial charge >= 0.3 is 6.09 Å². The fourth-order valence-electron chi connectivity index (χ4n) is 3.58. The lowest BCUT2D eigenvalue weighted by molar-refractivity contribution is 0.00545. The Bertz CT molecular complexity index is 453. The van der Waals surface area contributed by atoms with Gasteiger partial charge in [0.05, 0.1) is 13.2 Å². The summed E-state index contributed by atoms with van der Waals surface area (Å²) in [6, 6.07) is 0.756. The fourth-order valence-corrected chi connectivity index (χ4v) is 3.58. The number of aliphatic imine (C=N–C) groups is 1. The third-order valence-electron chi connectivity index (χ3n) is 4.39. The summed E-state index contributed by atoms with van der Waals surface area (Å²) < 4.78 is 5.57. The molecule has 0 spiro atoms. The van der Waals surface area contributed by atoms with E-state index in [9.17, 15) is 4.79 Å². The van der Waals surface area contributed by atoms with Crippen LogP contribution in [0.5, 0.6) is 0 Å². The summed E-state index contributed by atoms with van der Waals surface area (Å²) in [4.78, 5) is 18.8. The van der Waals surface area contributed by atoms with E-state index < -0.39 is 5.60 Å². The summed E-state index contributed by atoms with van der Waals surface area (Å²) >= 11 is 0. The summed E-state index contributed by atoms with van der Waals surface area (Å²) in [5.74, 6) is 0.738. The number of fused-ring (bicyclic) bond motifs is 2. The predicted molar refractivity (Wildman–Crippen MR) is 110 cm³/mol. The van der Waals surface area contributed by atoms with Crippen LogP contribution in [0.25, 0.3) is 0 Å². The minimum Gasteiger partial charge on any atom is -0.444 e. The van der Waals surface area contributed by atoms with E-state index in [2.05, 4.69) is 15.6 Å². The molecule has 146 valence electrons. The number of halogens is 1. The maximum atomic E-state index is 12.5. The molecule has 25 heavy (non-hydrogen) atoms. The maximum Gasteiger partial charge on any atom is 0.410 e. The molecule has 8 heteroatoms. The number of ether oxygens (including phenoxy) is 1. The Labute approximate surface area is 168 Å². The lowest BCUT2D eigenvalue weighted by Gasteiger charge is -2.40. The summed E-state index contributed by atoms with van der Waals surface area (Å²) in [5.41, 5.74) is -0.458. The molecule has 2 aliphatic heterocycles. The van der Waals surface area contributed by atoms with Gasteiger partial charge < -0.3 is 25.4 Å². The number of hydrogen-bond acceptors (Lipinski definition) is 4. The van der Waals surface area contributed by atoms with Crippen LogP contribution in [0, 0.1) is 0 Å². The van der Waals surface area contributed by atoms with Crippen LogP contribution in [0.2, 0.25) is 0 Å². The highest BCUT2D eigenvalue weighted by Crippen LogP contribution is 2.36. The second-order valence-corrected chi connectivity index (χ2v) is 7.57. The van der Waals surface area contributed by atoms with Crippen LogP contribution in [0.15, 0.2) is 4.99 Å². The van der Waals surface area contributed by atoms with Gasteiger partial charge in [-0.25, -0.2) is 4.79 Å². The Kier molecular flexibility index (Phi) is 8.73. The van der Waals surface area contributed by atoms with Crippen LogP contribution >= 0.6 is 24.0 Å². The standard InChI is InChI=1S/C17H32N4O3.HI/c1-5-18-15(19-8-9-22)20-12-10-13-6-7-14(11-12)21(13)16(23)24-17(2,3)4;/h12-14,22H,5-11H2,1-4H3,(H2,18,19,20);1H. The average Bonchev–Trinajstić information content (AvgIpc) is 2.75. The topological polar surface area (TPSA) is 86.2 Å². The Morgan fingerprint density at radius 2 is 1.88 bits per heavy atom. The quantitative estimate of drug-likeness (QED) is 0.334. The van der Waals surface area contributed by atoms with E-state index in [0.29, 0.717) is 6.54 Å². The first-order chi connectivity index (χ1) is 11.3. The Hall–Kier alpha value is -0.770. The Morgan fingerprint density at radius 1 is 1.28 bits per heavy atom. The highest BCUT2D eigenvalue weighted by Gasteiger charge is 2.44. The number of guanidine groups is 1. The van der Waals surface area contributed by atoms with E-state index in [0.717, 1.165) is 38.2 Å². The first-order valence-corrected chi connectivity index (χ1v) is 9.01. The molecule has 0 aromatic carbocycles. The lowest BCUT2D eigenvalue weighted by Crippen LogP contribution is -2.55. The molecule has 0 saturated carbocycles. The van der Waals surface area contributed by atoms with Crippen molar-refractivity contribution in [3.05, 3.63) is 0 Å². The van der Waals surface area contributed by atoms with Crippen LogP contribution in [0.1, 0.15) is 53.4 Å². The third-order valence-corrected chi connectivity index (χ3v) is 4.39. The van der Waals surface area contributed by atoms with Crippen LogP contribution in [-0.2, 0) is 4.74 Å². The molecule has 2 fully saturated rings. The molecule has 2 rings (SSSR count). The third kappa shape index (κ3) is 6.47. The first kappa shape index (κ1) is 22.3. The molecular formula is C17H33IN4O3. The molecule has 2 bridgehead atoms. The van der Waals surface area contributed by atoms with Crippen molar-refractivity contribution in [3.8, 4) is 0 Å². The number of aliphatic hydroxyl groups is 1. The van der Waals surface area contributed by atoms with Gasteiger partial charge in [0, 0.05) is 24.7 Å². The number of nitrogens with zero attached hydrogens (tertiary/aromatic N) is 2. The van der Waals surface area contributed by atoms with Crippen LogP contribution in [-0.4, -0.2) is 65.5 Å². The van der Waals surface area contributed by atoms with Gasteiger partial charge in [0.2, 0.25) is 0 Å². The summed E-state index contributed by atoms with van der Waals surface area (Å²) in [6.45, 7) is 8.94. The monoisotopic (exact) mass is 468 g/mol. The number of nitrogens with one attached hydrogen (secondary N) is 2. The number of rotatable bonds is 4. The van der Waals surface area contributed by atoms with Gasteiger partial charge in [0.1, 0.15) is 5.60 Å². The zero-order chi connectivity index (χ0) is 17.7. The molecule has 2 saturated heterocycles. The molecule has 0 aromatic rings. The van der Waals surface area contributed by atoms with E-state index in [1.54, 1.807) is 0 Å². The molecule has 1 amide bonds. The van der Waals surface area contributed by atoms with Crippen molar-refractivity contribution in [1.82, 2.24) is 15.5 Å². The van der Waals surface area contributed by atoms with Crippen molar-refractivity contribution in [2.24, 2.45) is 4.99 Å². The number of carbonyl (C=O) groups excluding carboxylic acids is 1. The minimum atomic E-state index is -0.458. The summed E-state index contributed by atoms with van der Waals surface area (Å²) in [5, 5.41) is 15.6. The smallest absolute Gasteiger partial charge is 0.410 e. The molecule has 0 aliphatic carbocycles. The normalized spacial score (nSPS) is 26.0. The van der Waals surface area contributed by atoms with Gasteiger partial charge in [0.15, 0.2) is 5.96 Å². The zero-order valence-electron chi connectivity index (χ0n) is 15.7. The van der Waals surface area contributed by atoms with E-state index >= 15 is 0 Å². The molecule has 2 unspecified atom stereocenters. The molecular weight excluding hydrogens is 435 g/mol. The van der Waals surface area contributed by atoms with Gasteiger partial charge in [-0.1, -0.05) is 0 Å². The van der Waals surface area contributed by atoms with Crippen molar-refractivity contribution in [2.75, 3.05) is 19.7 Å². The van der Waals surface area contributed by atoms with E-state index in [1.165, 1.54) is 0 Å². The number of carbonyl (C=O) groups is 1. The molecule has 2 atom stereocenters. The average molecular weight is 468 g/mol. The molecule has 2 aliphatic rings.